The number of aromatic nitrogens is 1. The Morgan fingerprint density at radius 2 is 2.11 bits per heavy atom. The number of aliphatic carboxylic acids is 1. The van der Waals surface area contributed by atoms with Crippen molar-refractivity contribution in [3.63, 3.8) is 0 Å². The molecule has 1 aliphatic rings. The molecule has 4 nitrogen and oxygen atoms in total. The normalized spacial score (nSPS) is 27.4. The Labute approximate surface area is 114 Å². The van der Waals surface area contributed by atoms with Crippen LogP contribution in [0, 0.1) is 11.8 Å². The first kappa shape index (κ1) is 14.0. The van der Waals surface area contributed by atoms with Gasteiger partial charge in [-0.2, -0.15) is 0 Å². The van der Waals surface area contributed by atoms with E-state index in [-0.39, 0.29) is 12.0 Å². The number of nitrogens with zero attached hydrogens (tertiary/aromatic N) is 2. The summed E-state index contributed by atoms with van der Waals surface area (Å²) in [6.07, 6.45) is 6.35. The van der Waals surface area contributed by atoms with Gasteiger partial charge in [-0.15, -0.1) is 0 Å². The standard InChI is InChI=1S/C15H22N2O2/c1-11-3-4-13(15(18)19)14(9-11)17(2)10-12-5-7-16-8-6-12/h5-8,11,13-14H,3-4,9-10H2,1-2H3,(H,18,19). The van der Waals surface area contributed by atoms with E-state index in [1.807, 2.05) is 19.2 Å². The zero-order chi connectivity index (χ0) is 13.8. The Morgan fingerprint density at radius 3 is 2.74 bits per heavy atom. The van der Waals surface area contributed by atoms with E-state index in [1.54, 1.807) is 12.4 Å². The molecule has 0 amide bonds. The number of hydrogen-bond donors (Lipinski definition) is 1. The highest BCUT2D eigenvalue weighted by molar-refractivity contribution is 5.71. The minimum absolute atomic E-state index is 0.134. The summed E-state index contributed by atoms with van der Waals surface area (Å²) in [4.78, 5) is 17.6. The van der Waals surface area contributed by atoms with Gasteiger partial charge in [0.05, 0.1) is 5.92 Å². The molecular weight excluding hydrogens is 240 g/mol. The summed E-state index contributed by atoms with van der Waals surface area (Å²) in [7, 11) is 2.03. The minimum atomic E-state index is -0.654. The van der Waals surface area contributed by atoms with Crippen molar-refractivity contribution in [2.45, 2.75) is 38.8 Å². The first-order valence-electron chi connectivity index (χ1n) is 6.90. The molecule has 1 aromatic heterocycles. The molecule has 0 bridgehead atoms. The van der Waals surface area contributed by atoms with Gasteiger partial charge in [0.2, 0.25) is 0 Å². The van der Waals surface area contributed by atoms with Crippen LogP contribution in [-0.2, 0) is 11.3 Å². The molecule has 2 rings (SSSR count). The lowest BCUT2D eigenvalue weighted by molar-refractivity contribution is -0.146. The third kappa shape index (κ3) is 3.53. The molecule has 0 saturated heterocycles. The summed E-state index contributed by atoms with van der Waals surface area (Å²) >= 11 is 0. The van der Waals surface area contributed by atoms with Crippen molar-refractivity contribution in [1.29, 1.82) is 0 Å². The molecule has 0 radical (unpaired) electrons. The second-order valence-electron chi connectivity index (χ2n) is 5.70. The maximum absolute atomic E-state index is 11.4. The van der Waals surface area contributed by atoms with Crippen LogP contribution in [0.25, 0.3) is 0 Å². The Hall–Kier alpha value is -1.42. The highest BCUT2D eigenvalue weighted by Gasteiger charge is 2.35. The van der Waals surface area contributed by atoms with Crippen molar-refractivity contribution in [3.8, 4) is 0 Å². The quantitative estimate of drug-likeness (QED) is 0.905. The summed E-state index contributed by atoms with van der Waals surface area (Å²) in [5, 5.41) is 9.37. The molecule has 1 N–H and O–H groups in total. The van der Waals surface area contributed by atoms with Crippen LogP contribution in [0.3, 0.4) is 0 Å². The summed E-state index contributed by atoms with van der Waals surface area (Å²) in [5.41, 5.74) is 1.18. The molecule has 0 aliphatic heterocycles. The van der Waals surface area contributed by atoms with Crippen molar-refractivity contribution in [1.82, 2.24) is 9.88 Å². The predicted molar refractivity (Wildman–Crippen MR) is 73.6 cm³/mol. The van der Waals surface area contributed by atoms with E-state index in [4.69, 9.17) is 0 Å². The van der Waals surface area contributed by atoms with Crippen LogP contribution >= 0.6 is 0 Å². The average Bonchev–Trinajstić information content (AvgIpc) is 2.39. The third-order valence-corrected chi connectivity index (χ3v) is 4.14. The van der Waals surface area contributed by atoms with Gasteiger partial charge < -0.3 is 5.11 Å². The van der Waals surface area contributed by atoms with E-state index in [9.17, 15) is 9.90 Å². The maximum Gasteiger partial charge on any atom is 0.308 e. The Balaban J connectivity index is 2.06. The van der Waals surface area contributed by atoms with E-state index in [1.165, 1.54) is 5.56 Å². The Kier molecular flexibility index (Phi) is 4.53. The molecule has 0 aromatic carbocycles. The van der Waals surface area contributed by atoms with Gasteiger partial charge in [-0.25, -0.2) is 0 Å². The molecule has 1 heterocycles. The minimum Gasteiger partial charge on any atom is -0.481 e. The Bertz CT molecular complexity index is 421. The van der Waals surface area contributed by atoms with E-state index < -0.39 is 5.97 Å². The van der Waals surface area contributed by atoms with Gasteiger partial charge in [0, 0.05) is 25.0 Å². The fourth-order valence-corrected chi connectivity index (χ4v) is 3.02. The van der Waals surface area contributed by atoms with Crippen molar-refractivity contribution in [2.24, 2.45) is 11.8 Å². The lowest BCUT2D eigenvalue weighted by atomic mass is 9.78. The van der Waals surface area contributed by atoms with Crippen molar-refractivity contribution in [2.75, 3.05) is 7.05 Å². The molecule has 104 valence electrons. The van der Waals surface area contributed by atoms with Crippen LogP contribution in [0.15, 0.2) is 24.5 Å². The van der Waals surface area contributed by atoms with Gasteiger partial charge in [0.1, 0.15) is 0 Å². The number of carbonyl (C=O) groups is 1. The van der Waals surface area contributed by atoms with Crippen LogP contribution in [-0.4, -0.2) is 34.0 Å². The van der Waals surface area contributed by atoms with Gasteiger partial charge in [-0.1, -0.05) is 6.92 Å². The summed E-state index contributed by atoms with van der Waals surface area (Å²) in [6.45, 7) is 3.00. The summed E-state index contributed by atoms with van der Waals surface area (Å²) in [6, 6.07) is 4.10. The average molecular weight is 262 g/mol. The second kappa shape index (κ2) is 6.15. The zero-order valence-corrected chi connectivity index (χ0v) is 11.6. The molecule has 3 unspecified atom stereocenters. The fourth-order valence-electron chi connectivity index (χ4n) is 3.02. The maximum atomic E-state index is 11.4. The lowest BCUT2D eigenvalue weighted by Gasteiger charge is -2.38. The van der Waals surface area contributed by atoms with E-state index in [2.05, 4.69) is 16.8 Å². The molecule has 4 heteroatoms. The first-order valence-corrected chi connectivity index (χ1v) is 6.90. The number of carboxylic acid groups (broad SMARTS) is 1. The smallest absolute Gasteiger partial charge is 0.308 e. The number of pyridine rings is 1. The highest BCUT2D eigenvalue weighted by atomic mass is 16.4. The SMILES string of the molecule is CC1CCC(C(=O)O)C(N(C)Cc2ccncc2)C1. The Morgan fingerprint density at radius 1 is 1.42 bits per heavy atom. The van der Waals surface area contributed by atoms with Gasteiger partial charge in [-0.05, 0) is 49.9 Å². The van der Waals surface area contributed by atoms with Gasteiger partial charge >= 0.3 is 5.97 Å². The van der Waals surface area contributed by atoms with Crippen LogP contribution in [0.1, 0.15) is 31.7 Å². The third-order valence-electron chi connectivity index (χ3n) is 4.14. The molecule has 1 aliphatic carbocycles. The summed E-state index contributed by atoms with van der Waals surface area (Å²) in [5.74, 6) is -0.276. The molecule has 1 aromatic rings. The van der Waals surface area contributed by atoms with Gasteiger partial charge in [0.25, 0.3) is 0 Å². The van der Waals surface area contributed by atoms with Crippen molar-refractivity contribution < 1.29 is 9.90 Å². The topological polar surface area (TPSA) is 53.4 Å². The molecule has 1 saturated carbocycles. The van der Waals surface area contributed by atoms with Crippen LogP contribution in [0.2, 0.25) is 0 Å². The van der Waals surface area contributed by atoms with E-state index in [0.29, 0.717) is 5.92 Å². The highest BCUT2D eigenvalue weighted by Crippen LogP contribution is 2.32. The van der Waals surface area contributed by atoms with E-state index in [0.717, 1.165) is 25.8 Å². The van der Waals surface area contributed by atoms with Crippen molar-refractivity contribution >= 4 is 5.97 Å². The number of hydrogen-bond acceptors (Lipinski definition) is 3. The number of carboxylic acids is 1. The van der Waals surface area contributed by atoms with Gasteiger partial charge in [-0.3, -0.25) is 14.7 Å². The van der Waals surface area contributed by atoms with Gasteiger partial charge in [0.15, 0.2) is 0 Å². The molecular formula is C15H22N2O2. The van der Waals surface area contributed by atoms with Crippen LogP contribution in [0.5, 0.6) is 0 Å². The predicted octanol–water partition coefficient (Wildman–Crippen LogP) is 2.40. The summed E-state index contributed by atoms with van der Waals surface area (Å²) < 4.78 is 0. The van der Waals surface area contributed by atoms with Crippen LogP contribution in [0.4, 0.5) is 0 Å². The zero-order valence-electron chi connectivity index (χ0n) is 11.6. The fraction of sp³-hybridized carbons (Fsp3) is 0.600. The largest absolute Gasteiger partial charge is 0.481 e. The van der Waals surface area contributed by atoms with Crippen LogP contribution < -0.4 is 0 Å². The second-order valence-corrected chi connectivity index (χ2v) is 5.70. The molecule has 1 fully saturated rings. The van der Waals surface area contributed by atoms with Crippen molar-refractivity contribution in [3.05, 3.63) is 30.1 Å². The monoisotopic (exact) mass is 262 g/mol. The first-order chi connectivity index (χ1) is 9.08. The lowest BCUT2D eigenvalue weighted by Crippen LogP contribution is -2.44. The molecule has 19 heavy (non-hydrogen) atoms. The van der Waals surface area contributed by atoms with E-state index >= 15 is 0 Å². The number of rotatable bonds is 4. The molecule has 0 spiro atoms. The molecule has 3 atom stereocenters.